The van der Waals surface area contributed by atoms with Gasteiger partial charge in [-0.15, -0.1) is 0 Å². The van der Waals surface area contributed by atoms with Crippen LogP contribution in [-0.2, 0) is 16.4 Å². The Labute approximate surface area is 116 Å². The number of sulfone groups is 1. The Morgan fingerprint density at radius 1 is 1.45 bits per heavy atom. The molecule has 0 saturated carbocycles. The summed E-state index contributed by atoms with van der Waals surface area (Å²) in [6.07, 6.45) is 1.28. The van der Waals surface area contributed by atoms with Crippen molar-refractivity contribution in [1.82, 2.24) is 5.32 Å². The Bertz CT molecular complexity index is 615. The highest BCUT2D eigenvalue weighted by Crippen LogP contribution is 2.19. The van der Waals surface area contributed by atoms with E-state index in [2.05, 4.69) is 5.32 Å². The van der Waals surface area contributed by atoms with E-state index in [0.717, 1.165) is 6.07 Å². The van der Waals surface area contributed by atoms with Crippen LogP contribution in [0.25, 0.3) is 0 Å². The van der Waals surface area contributed by atoms with Gasteiger partial charge in [0.25, 0.3) is 0 Å². The molecule has 2 rings (SSSR count). The number of aromatic carboxylic acids is 1. The Morgan fingerprint density at radius 3 is 2.80 bits per heavy atom. The summed E-state index contributed by atoms with van der Waals surface area (Å²) < 4.78 is 36.8. The van der Waals surface area contributed by atoms with Gasteiger partial charge in [0.1, 0.15) is 5.82 Å². The molecule has 7 heteroatoms. The summed E-state index contributed by atoms with van der Waals surface area (Å²) in [6, 6.07) is 3.56. The number of hydrogen-bond donors (Lipinski definition) is 2. The van der Waals surface area contributed by atoms with Gasteiger partial charge in [-0.2, -0.15) is 0 Å². The van der Waals surface area contributed by atoms with Crippen molar-refractivity contribution in [2.24, 2.45) is 0 Å². The molecule has 1 aromatic carbocycles. The van der Waals surface area contributed by atoms with E-state index in [1.165, 1.54) is 12.1 Å². The van der Waals surface area contributed by atoms with Crippen molar-refractivity contribution < 1.29 is 22.7 Å². The molecule has 2 N–H and O–H groups in total. The van der Waals surface area contributed by atoms with Crippen LogP contribution in [-0.4, -0.2) is 37.0 Å². The Morgan fingerprint density at radius 2 is 2.20 bits per heavy atom. The SMILES string of the molecule is O=C(O)c1ccc(F)c(CNCC2CCCS2(=O)=O)c1. The fourth-order valence-electron chi connectivity index (χ4n) is 2.30. The Hall–Kier alpha value is -1.47. The van der Waals surface area contributed by atoms with Crippen LogP contribution in [0.1, 0.15) is 28.8 Å². The summed E-state index contributed by atoms with van der Waals surface area (Å²) in [4.78, 5) is 10.8. The minimum Gasteiger partial charge on any atom is -0.478 e. The predicted molar refractivity (Wildman–Crippen MR) is 71.9 cm³/mol. The standard InChI is InChI=1S/C13H16FNO4S/c14-12-4-3-9(13(16)17)6-10(12)7-15-8-11-2-1-5-20(11,18)19/h3-4,6,11,15H,1-2,5,7-8H2,(H,16,17). The average Bonchev–Trinajstić information content (AvgIpc) is 2.71. The number of hydrogen-bond acceptors (Lipinski definition) is 4. The van der Waals surface area contributed by atoms with Crippen LogP contribution in [0.15, 0.2) is 18.2 Å². The molecule has 1 heterocycles. The second-order valence-corrected chi connectivity index (χ2v) is 7.27. The smallest absolute Gasteiger partial charge is 0.335 e. The number of carboxylic acid groups (broad SMARTS) is 1. The van der Waals surface area contributed by atoms with E-state index in [-0.39, 0.29) is 30.0 Å². The van der Waals surface area contributed by atoms with Crippen molar-refractivity contribution in [1.29, 1.82) is 0 Å². The molecule has 0 aromatic heterocycles. The van der Waals surface area contributed by atoms with Gasteiger partial charge in [-0.3, -0.25) is 0 Å². The van der Waals surface area contributed by atoms with Crippen molar-refractivity contribution in [3.05, 3.63) is 35.1 Å². The van der Waals surface area contributed by atoms with E-state index in [1.807, 2.05) is 0 Å². The molecule has 20 heavy (non-hydrogen) atoms. The van der Waals surface area contributed by atoms with Crippen molar-refractivity contribution >= 4 is 15.8 Å². The number of carboxylic acids is 1. The van der Waals surface area contributed by atoms with Crippen LogP contribution in [0.2, 0.25) is 0 Å². The van der Waals surface area contributed by atoms with Crippen molar-refractivity contribution in [2.45, 2.75) is 24.6 Å². The molecule has 0 spiro atoms. The Kier molecular flexibility index (Phi) is 4.39. The first-order valence-electron chi connectivity index (χ1n) is 6.34. The molecule has 1 saturated heterocycles. The maximum absolute atomic E-state index is 13.5. The monoisotopic (exact) mass is 301 g/mol. The molecule has 0 radical (unpaired) electrons. The number of rotatable bonds is 5. The fraction of sp³-hybridized carbons (Fsp3) is 0.462. The molecule has 1 aromatic rings. The lowest BCUT2D eigenvalue weighted by Gasteiger charge is -2.11. The van der Waals surface area contributed by atoms with E-state index in [0.29, 0.717) is 12.8 Å². The highest BCUT2D eigenvalue weighted by atomic mass is 32.2. The molecular formula is C13H16FNO4S. The molecule has 1 aliphatic rings. The van der Waals surface area contributed by atoms with Crippen LogP contribution < -0.4 is 5.32 Å². The lowest BCUT2D eigenvalue weighted by molar-refractivity contribution is 0.0696. The van der Waals surface area contributed by atoms with E-state index in [9.17, 15) is 17.6 Å². The summed E-state index contributed by atoms with van der Waals surface area (Å²) in [5.74, 6) is -1.41. The normalized spacial score (nSPS) is 20.9. The molecule has 1 atom stereocenters. The van der Waals surface area contributed by atoms with E-state index in [4.69, 9.17) is 5.11 Å². The van der Waals surface area contributed by atoms with Gasteiger partial charge >= 0.3 is 5.97 Å². The molecule has 1 unspecified atom stereocenters. The quantitative estimate of drug-likeness (QED) is 0.853. The Balaban J connectivity index is 1.97. The number of nitrogens with one attached hydrogen (secondary N) is 1. The van der Waals surface area contributed by atoms with Gasteiger partial charge in [0.15, 0.2) is 9.84 Å². The summed E-state index contributed by atoms with van der Waals surface area (Å²) in [6.45, 7) is 0.373. The van der Waals surface area contributed by atoms with Gasteiger partial charge in [-0.1, -0.05) is 0 Å². The lowest BCUT2D eigenvalue weighted by atomic mass is 10.1. The largest absolute Gasteiger partial charge is 0.478 e. The second kappa shape index (κ2) is 5.88. The molecule has 0 bridgehead atoms. The zero-order valence-electron chi connectivity index (χ0n) is 10.8. The van der Waals surface area contributed by atoms with Crippen LogP contribution in [0.3, 0.4) is 0 Å². The van der Waals surface area contributed by atoms with Crippen LogP contribution in [0.4, 0.5) is 4.39 Å². The number of benzene rings is 1. The van der Waals surface area contributed by atoms with Gasteiger partial charge < -0.3 is 10.4 Å². The zero-order valence-corrected chi connectivity index (χ0v) is 11.6. The maximum Gasteiger partial charge on any atom is 0.335 e. The molecule has 110 valence electrons. The molecular weight excluding hydrogens is 285 g/mol. The maximum atomic E-state index is 13.5. The van der Waals surface area contributed by atoms with Crippen LogP contribution >= 0.6 is 0 Å². The van der Waals surface area contributed by atoms with Gasteiger partial charge in [0, 0.05) is 18.7 Å². The molecule has 0 amide bonds. The minimum atomic E-state index is -3.02. The summed E-state index contributed by atoms with van der Waals surface area (Å²) in [5.41, 5.74) is 0.233. The molecule has 1 fully saturated rings. The first kappa shape index (κ1) is 14.9. The third kappa shape index (κ3) is 3.34. The zero-order chi connectivity index (χ0) is 14.8. The number of halogens is 1. The second-order valence-electron chi connectivity index (χ2n) is 4.87. The molecule has 1 aliphatic heterocycles. The first-order valence-corrected chi connectivity index (χ1v) is 8.06. The summed E-state index contributed by atoms with van der Waals surface area (Å²) in [7, 11) is -3.02. The van der Waals surface area contributed by atoms with Crippen molar-refractivity contribution in [2.75, 3.05) is 12.3 Å². The molecule has 5 nitrogen and oxygen atoms in total. The van der Waals surface area contributed by atoms with Crippen LogP contribution in [0, 0.1) is 5.82 Å². The summed E-state index contributed by atoms with van der Waals surface area (Å²) in [5, 5.41) is 11.3. The van der Waals surface area contributed by atoms with Crippen molar-refractivity contribution in [3.63, 3.8) is 0 Å². The van der Waals surface area contributed by atoms with E-state index in [1.54, 1.807) is 0 Å². The van der Waals surface area contributed by atoms with E-state index < -0.39 is 26.9 Å². The highest BCUT2D eigenvalue weighted by molar-refractivity contribution is 7.92. The van der Waals surface area contributed by atoms with Gasteiger partial charge in [0.2, 0.25) is 0 Å². The lowest BCUT2D eigenvalue weighted by Crippen LogP contribution is -2.30. The fourth-order valence-corrected chi connectivity index (χ4v) is 4.10. The third-order valence-corrected chi connectivity index (χ3v) is 5.72. The van der Waals surface area contributed by atoms with Gasteiger partial charge in [-0.05, 0) is 31.0 Å². The first-order chi connectivity index (χ1) is 9.40. The van der Waals surface area contributed by atoms with E-state index >= 15 is 0 Å². The number of carbonyl (C=O) groups is 1. The molecule has 0 aliphatic carbocycles. The van der Waals surface area contributed by atoms with Crippen molar-refractivity contribution in [3.8, 4) is 0 Å². The topological polar surface area (TPSA) is 83.5 Å². The third-order valence-electron chi connectivity index (χ3n) is 3.44. The average molecular weight is 301 g/mol. The van der Waals surface area contributed by atoms with Gasteiger partial charge in [-0.25, -0.2) is 17.6 Å². The predicted octanol–water partition coefficient (Wildman–Crippen LogP) is 1.19. The highest BCUT2D eigenvalue weighted by Gasteiger charge is 2.30. The van der Waals surface area contributed by atoms with Crippen LogP contribution in [0.5, 0.6) is 0 Å². The minimum absolute atomic E-state index is 0.0108. The summed E-state index contributed by atoms with van der Waals surface area (Å²) >= 11 is 0. The van der Waals surface area contributed by atoms with Gasteiger partial charge in [0.05, 0.1) is 16.6 Å².